The molecule has 2 amide bonds. The predicted molar refractivity (Wildman–Crippen MR) is 118 cm³/mol. The second kappa shape index (κ2) is 9.39. The molecule has 1 N–H and O–H groups in total. The van der Waals surface area contributed by atoms with Crippen molar-refractivity contribution < 1.29 is 19.1 Å². The monoisotopic (exact) mass is 423 g/mol. The van der Waals surface area contributed by atoms with Crippen LogP contribution in [0, 0.1) is 0 Å². The molecule has 0 spiro atoms. The summed E-state index contributed by atoms with van der Waals surface area (Å²) in [6, 6.07) is 13.1. The van der Waals surface area contributed by atoms with Gasteiger partial charge in [-0.15, -0.1) is 0 Å². The SMILES string of the molecule is COc1cc2c(cc1OC)CN(C(=O)CN1CCCC1C(=O)Nc1ccccc1)CC2. The van der Waals surface area contributed by atoms with Gasteiger partial charge in [0, 0.05) is 18.8 Å². The molecule has 7 nitrogen and oxygen atoms in total. The minimum Gasteiger partial charge on any atom is -0.493 e. The fraction of sp³-hybridized carbons (Fsp3) is 0.417. The Hall–Kier alpha value is -3.06. The van der Waals surface area contributed by atoms with E-state index in [4.69, 9.17) is 9.47 Å². The number of hydrogen-bond donors (Lipinski definition) is 1. The Kier molecular flexibility index (Phi) is 6.42. The van der Waals surface area contributed by atoms with Crippen molar-refractivity contribution in [3.05, 3.63) is 53.6 Å². The molecule has 1 unspecified atom stereocenters. The van der Waals surface area contributed by atoms with Gasteiger partial charge >= 0.3 is 0 Å². The van der Waals surface area contributed by atoms with Crippen LogP contribution in [0.1, 0.15) is 24.0 Å². The van der Waals surface area contributed by atoms with Crippen LogP contribution in [0.25, 0.3) is 0 Å². The number of carbonyl (C=O) groups excluding carboxylic acids is 2. The van der Waals surface area contributed by atoms with Crippen LogP contribution in [-0.2, 0) is 22.6 Å². The van der Waals surface area contributed by atoms with E-state index in [9.17, 15) is 9.59 Å². The molecule has 0 saturated carbocycles. The highest BCUT2D eigenvalue weighted by atomic mass is 16.5. The van der Waals surface area contributed by atoms with Crippen molar-refractivity contribution in [1.82, 2.24) is 9.80 Å². The maximum Gasteiger partial charge on any atom is 0.241 e. The van der Waals surface area contributed by atoms with Gasteiger partial charge in [-0.1, -0.05) is 18.2 Å². The molecule has 1 saturated heterocycles. The maximum atomic E-state index is 13.1. The number of methoxy groups -OCH3 is 2. The zero-order valence-electron chi connectivity index (χ0n) is 18.1. The van der Waals surface area contributed by atoms with E-state index in [-0.39, 0.29) is 24.4 Å². The quantitative estimate of drug-likeness (QED) is 0.774. The molecule has 2 aromatic carbocycles. The first kappa shape index (κ1) is 21.2. The third kappa shape index (κ3) is 4.66. The Morgan fingerprint density at radius 3 is 2.45 bits per heavy atom. The fourth-order valence-corrected chi connectivity index (χ4v) is 4.43. The van der Waals surface area contributed by atoms with Crippen molar-refractivity contribution in [3.63, 3.8) is 0 Å². The van der Waals surface area contributed by atoms with E-state index in [0.29, 0.717) is 24.6 Å². The Balaban J connectivity index is 1.39. The number of likely N-dealkylation sites (tertiary alicyclic amines) is 1. The van der Waals surface area contributed by atoms with E-state index >= 15 is 0 Å². The van der Waals surface area contributed by atoms with E-state index in [1.165, 1.54) is 5.56 Å². The predicted octanol–water partition coefficient (Wildman–Crippen LogP) is 2.69. The molecule has 0 bridgehead atoms. The van der Waals surface area contributed by atoms with E-state index in [1.54, 1.807) is 14.2 Å². The summed E-state index contributed by atoms with van der Waals surface area (Å²) in [5, 5.41) is 2.97. The summed E-state index contributed by atoms with van der Waals surface area (Å²) < 4.78 is 10.8. The van der Waals surface area contributed by atoms with Crippen molar-refractivity contribution in [2.24, 2.45) is 0 Å². The summed E-state index contributed by atoms with van der Waals surface area (Å²) >= 11 is 0. The molecule has 31 heavy (non-hydrogen) atoms. The van der Waals surface area contributed by atoms with Crippen LogP contribution >= 0.6 is 0 Å². The van der Waals surface area contributed by atoms with Crippen LogP contribution in [0.2, 0.25) is 0 Å². The number of benzene rings is 2. The van der Waals surface area contributed by atoms with E-state index in [0.717, 1.165) is 37.1 Å². The molecular formula is C24H29N3O4. The van der Waals surface area contributed by atoms with Crippen molar-refractivity contribution in [1.29, 1.82) is 0 Å². The van der Waals surface area contributed by atoms with E-state index in [2.05, 4.69) is 5.32 Å². The summed E-state index contributed by atoms with van der Waals surface area (Å²) in [6.45, 7) is 2.23. The van der Waals surface area contributed by atoms with Gasteiger partial charge in [0.05, 0.1) is 26.8 Å². The van der Waals surface area contributed by atoms with E-state index in [1.807, 2.05) is 52.3 Å². The normalized spacial score (nSPS) is 18.4. The van der Waals surface area contributed by atoms with Crippen molar-refractivity contribution >= 4 is 17.5 Å². The zero-order chi connectivity index (χ0) is 21.8. The van der Waals surface area contributed by atoms with Gasteiger partial charge in [0.15, 0.2) is 11.5 Å². The number of carbonyl (C=O) groups is 2. The number of fused-ring (bicyclic) bond motifs is 1. The summed E-state index contributed by atoms with van der Waals surface area (Å²) in [4.78, 5) is 29.7. The molecule has 0 aliphatic carbocycles. The second-order valence-corrected chi connectivity index (χ2v) is 8.02. The largest absolute Gasteiger partial charge is 0.493 e. The highest BCUT2D eigenvalue weighted by Gasteiger charge is 2.33. The van der Waals surface area contributed by atoms with Crippen molar-refractivity contribution in [2.45, 2.75) is 31.8 Å². The first-order chi connectivity index (χ1) is 15.1. The van der Waals surface area contributed by atoms with Gasteiger partial charge in [0.25, 0.3) is 0 Å². The van der Waals surface area contributed by atoms with Crippen LogP contribution in [0.3, 0.4) is 0 Å². The summed E-state index contributed by atoms with van der Waals surface area (Å²) in [6.07, 6.45) is 2.46. The average molecular weight is 424 g/mol. The fourth-order valence-electron chi connectivity index (χ4n) is 4.43. The smallest absolute Gasteiger partial charge is 0.241 e. The summed E-state index contributed by atoms with van der Waals surface area (Å²) in [5.74, 6) is 1.40. The molecule has 7 heteroatoms. The highest BCUT2D eigenvalue weighted by molar-refractivity contribution is 5.95. The van der Waals surface area contributed by atoms with Crippen LogP contribution in [0.5, 0.6) is 11.5 Å². The molecular weight excluding hydrogens is 394 g/mol. The van der Waals surface area contributed by atoms with Gasteiger partial charge in [-0.05, 0) is 61.2 Å². The number of ether oxygens (including phenoxy) is 2. The number of para-hydroxylation sites is 1. The number of amides is 2. The van der Waals surface area contributed by atoms with Crippen LogP contribution in [0.15, 0.2) is 42.5 Å². The lowest BCUT2D eigenvalue weighted by molar-refractivity contribution is -0.134. The molecule has 2 aliphatic heterocycles. The third-order valence-electron chi connectivity index (χ3n) is 6.12. The lowest BCUT2D eigenvalue weighted by Gasteiger charge is -2.32. The number of rotatable bonds is 6. The second-order valence-electron chi connectivity index (χ2n) is 8.02. The molecule has 2 aliphatic rings. The lowest BCUT2D eigenvalue weighted by Crippen LogP contribution is -2.47. The lowest BCUT2D eigenvalue weighted by atomic mass is 9.98. The molecule has 2 aromatic rings. The van der Waals surface area contributed by atoms with Gasteiger partial charge < -0.3 is 19.7 Å². The molecule has 2 heterocycles. The van der Waals surface area contributed by atoms with Crippen molar-refractivity contribution in [2.75, 3.05) is 39.2 Å². The van der Waals surface area contributed by atoms with Gasteiger partial charge in [0.2, 0.25) is 11.8 Å². The zero-order valence-corrected chi connectivity index (χ0v) is 18.1. The third-order valence-corrected chi connectivity index (χ3v) is 6.12. The van der Waals surface area contributed by atoms with Crippen molar-refractivity contribution in [3.8, 4) is 11.5 Å². The minimum atomic E-state index is -0.273. The first-order valence-electron chi connectivity index (χ1n) is 10.7. The Morgan fingerprint density at radius 1 is 1.03 bits per heavy atom. The average Bonchev–Trinajstić information content (AvgIpc) is 3.26. The van der Waals surface area contributed by atoms with Crippen LogP contribution in [-0.4, -0.2) is 61.5 Å². The number of anilines is 1. The Labute approximate surface area is 182 Å². The van der Waals surface area contributed by atoms with Gasteiger partial charge in [-0.2, -0.15) is 0 Å². The molecule has 0 aromatic heterocycles. The number of nitrogens with one attached hydrogen (secondary N) is 1. The topological polar surface area (TPSA) is 71.1 Å². The summed E-state index contributed by atoms with van der Waals surface area (Å²) in [5.41, 5.74) is 3.04. The van der Waals surface area contributed by atoms with Gasteiger partial charge in [0.1, 0.15) is 0 Å². The maximum absolute atomic E-state index is 13.1. The molecule has 1 atom stereocenters. The number of hydrogen-bond acceptors (Lipinski definition) is 5. The van der Waals surface area contributed by atoms with E-state index < -0.39 is 0 Å². The molecule has 0 radical (unpaired) electrons. The molecule has 4 rings (SSSR count). The van der Waals surface area contributed by atoms with Crippen LogP contribution in [0.4, 0.5) is 5.69 Å². The Morgan fingerprint density at radius 2 is 1.74 bits per heavy atom. The van der Waals surface area contributed by atoms with Crippen LogP contribution < -0.4 is 14.8 Å². The molecule has 164 valence electrons. The highest BCUT2D eigenvalue weighted by Crippen LogP contribution is 2.33. The molecule has 1 fully saturated rings. The van der Waals surface area contributed by atoms with Gasteiger partial charge in [-0.3, -0.25) is 14.5 Å². The summed E-state index contributed by atoms with van der Waals surface area (Å²) in [7, 11) is 3.24. The standard InChI is InChI=1S/C24H29N3O4/c1-30-21-13-17-10-12-27(15-18(17)14-22(21)31-2)23(28)16-26-11-6-9-20(26)24(29)25-19-7-4-3-5-8-19/h3-5,7-8,13-14,20H,6,9-12,15-16H2,1-2H3,(H,25,29). The minimum absolute atomic E-state index is 0.0441. The Bertz CT molecular complexity index is 947. The number of nitrogens with zero attached hydrogens (tertiary/aromatic N) is 2. The van der Waals surface area contributed by atoms with Gasteiger partial charge in [-0.25, -0.2) is 0 Å². The first-order valence-corrected chi connectivity index (χ1v) is 10.7.